The lowest BCUT2D eigenvalue weighted by atomic mass is 9.81. The highest BCUT2D eigenvalue weighted by atomic mass is 35.5. The summed E-state index contributed by atoms with van der Waals surface area (Å²) in [5.41, 5.74) is 3.11. The molecule has 4 aliphatic rings. The number of benzene rings is 1. The van der Waals surface area contributed by atoms with Gasteiger partial charge in [-0.05, 0) is 99.3 Å². The molecule has 2 amide bonds. The molecule has 2 N–H and O–H groups in total. The van der Waals surface area contributed by atoms with Gasteiger partial charge in [-0.15, -0.1) is 0 Å². The molecule has 0 radical (unpaired) electrons. The Morgan fingerprint density at radius 3 is 2.54 bits per heavy atom. The molecule has 7 nitrogen and oxygen atoms in total. The average Bonchev–Trinajstić information content (AvgIpc) is 3.66. The van der Waals surface area contributed by atoms with Crippen molar-refractivity contribution in [3.05, 3.63) is 70.2 Å². The zero-order chi connectivity index (χ0) is 31.9. The minimum atomic E-state index is -0.598. The Morgan fingerprint density at radius 1 is 0.957 bits per heavy atom. The van der Waals surface area contributed by atoms with Crippen molar-refractivity contribution in [3.63, 3.8) is 0 Å². The zero-order valence-electron chi connectivity index (χ0n) is 27.1. The number of hydrogen-bond donors (Lipinski definition) is 2. The van der Waals surface area contributed by atoms with Crippen LogP contribution in [-0.4, -0.2) is 65.7 Å². The number of nitrogens with one attached hydrogen (secondary N) is 2. The van der Waals surface area contributed by atoms with Gasteiger partial charge in [0.1, 0.15) is 0 Å². The van der Waals surface area contributed by atoms with Crippen molar-refractivity contribution in [1.29, 1.82) is 0 Å². The van der Waals surface area contributed by atoms with Crippen LogP contribution in [0.25, 0.3) is 0 Å². The summed E-state index contributed by atoms with van der Waals surface area (Å²) < 4.78 is 0. The first-order valence-corrected chi connectivity index (χ1v) is 18.1. The third kappa shape index (κ3) is 8.32. The number of ketones is 1. The van der Waals surface area contributed by atoms with Crippen LogP contribution in [0, 0.1) is 24.0 Å². The number of rotatable bonds is 11. The Hall–Kier alpha value is -2.92. The van der Waals surface area contributed by atoms with E-state index < -0.39 is 6.04 Å². The molecule has 3 fully saturated rings. The van der Waals surface area contributed by atoms with Crippen molar-refractivity contribution >= 4 is 29.2 Å². The smallest absolute Gasteiger partial charge is 0.222 e. The van der Waals surface area contributed by atoms with Gasteiger partial charge < -0.3 is 15.5 Å². The number of Topliss-reactive ketones (excluding diaryl/α,β-unsaturated/α-hetero) is 1. The van der Waals surface area contributed by atoms with Crippen LogP contribution in [-0.2, 0) is 27.3 Å². The maximum absolute atomic E-state index is 14.4. The summed E-state index contributed by atoms with van der Waals surface area (Å²) >= 11 is 6.17. The third-order valence-corrected chi connectivity index (χ3v) is 11.1. The molecule has 0 aromatic heterocycles. The number of fused-ring (bicyclic) bond motifs is 1. The molecular formula is C38H49ClN4O3. The molecule has 3 unspecified atom stereocenters. The number of carbonyl (C=O) groups is 3. The van der Waals surface area contributed by atoms with Crippen LogP contribution in [0.15, 0.2) is 36.4 Å². The predicted octanol–water partition coefficient (Wildman–Crippen LogP) is 5.83. The molecule has 0 spiro atoms. The number of hydrogen-bond acceptors (Lipinski definition) is 5. The number of halogens is 1. The molecule has 8 heteroatoms. The van der Waals surface area contributed by atoms with Crippen LogP contribution in [0.1, 0.15) is 99.8 Å². The number of nitrogens with zero attached hydrogens (tertiary/aromatic N) is 2. The van der Waals surface area contributed by atoms with Gasteiger partial charge in [-0.25, -0.2) is 0 Å². The number of likely N-dealkylation sites (tertiary alicyclic amines) is 2. The summed E-state index contributed by atoms with van der Waals surface area (Å²) in [6.45, 7) is 4.26. The summed E-state index contributed by atoms with van der Waals surface area (Å²) in [7, 11) is 0. The zero-order valence-corrected chi connectivity index (χ0v) is 27.8. The van der Waals surface area contributed by atoms with Gasteiger partial charge in [0.15, 0.2) is 5.78 Å². The average molecular weight is 645 g/mol. The van der Waals surface area contributed by atoms with E-state index in [2.05, 4.69) is 32.6 Å². The molecule has 3 aliphatic heterocycles. The topological polar surface area (TPSA) is 81.8 Å². The van der Waals surface area contributed by atoms with Crippen LogP contribution in [0.2, 0.25) is 5.02 Å². The van der Waals surface area contributed by atoms with E-state index in [9.17, 15) is 14.4 Å². The van der Waals surface area contributed by atoms with Crippen LogP contribution in [0.3, 0.4) is 0 Å². The maximum Gasteiger partial charge on any atom is 0.222 e. The molecule has 0 bridgehead atoms. The van der Waals surface area contributed by atoms with E-state index >= 15 is 0 Å². The van der Waals surface area contributed by atoms with Crippen LogP contribution >= 0.6 is 11.6 Å². The molecule has 46 heavy (non-hydrogen) atoms. The predicted molar refractivity (Wildman–Crippen MR) is 180 cm³/mol. The Bertz CT molecular complexity index is 1340. The number of amides is 2. The van der Waals surface area contributed by atoms with Crippen LogP contribution in [0.5, 0.6) is 0 Å². The Kier molecular flexibility index (Phi) is 11.3. The van der Waals surface area contributed by atoms with Gasteiger partial charge in [-0.1, -0.05) is 61.5 Å². The van der Waals surface area contributed by atoms with Gasteiger partial charge in [0.05, 0.1) is 6.04 Å². The van der Waals surface area contributed by atoms with Crippen molar-refractivity contribution in [1.82, 2.24) is 20.4 Å². The van der Waals surface area contributed by atoms with Gasteiger partial charge in [0.2, 0.25) is 11.8 Å². The molecule has 4 atom stereocenters. The summed E-state index contributed by atoms with van der Waals surface area (Å²) in [5.74, 6) is 0.811. The molecule has 1 saturated carbocycles. The normalized spacial score (nSPS) is 24.0. The fraction of sp³-hybridized carbons (Fsp3) is 0.605. The van der Waals surface area contributed by atoms with Gasteiger partial charge in [-0.2, -0.15) is 0 Å². The van der Waals surface area contributed by atoms with Crippen molar-refractivity contribution in [3.8, 4) is 0 Å². The molecule has 6 rings (SSSR count). The van der Waals surface area contributed by atoms with Crippen molar-refractivity contribution in [2.75, 3.05) is 26.2 Å². The molecule has 1 aliphatic carbocycles. The van der Waals surface area contributed by atoms with Crippen LogP contribution < -0.4 is 10.6 Å². The van der Waals surface area contributed by atoms with E-state index in [1.54, 1.807) is 0 Å². The van der Waals surface area contributed by atoms with E-state index in [0.717, 1.165) is 75.0 Å². The summed E-state index contributed by atoms with van der Waals surface area (Å²) in [6, 6.07) is 17.2. The Morgan fingerprint density at radius 2 is 1.76 bits per heavy atom. The monoisotopic (exact) mass is 644 g/mol. The van der Waals surface area contributed by atoms with E-state index in [0.29, 0.717) is 42.3 Å². The van der Waals surface area contributed by atoms with E-state index in [1.165, 1.54) is 32.1 Å². The lowest BCUT2D eigenvalue weighted by molar-refractivity contribution is -0.131. The molecule has 2 saturated heterocycles. The lowest BCUT2D eigenvalue weighted by Crippen LogP contribution is -2.51. The highest BCUT2D eigenvalue weighted by Gasteiger charge is 2.36. The van der Waals surface area contributed by atoms with Crippen molar-refractivity contribution in [2.45, 2.75) is 108 Å². The standard InChI is InChI=1S/C38H49ClN4O3/c39-31-17-15-27(16-18-31)23-34(41-36(44)24-33-32-13-5-4-12-30(32)25-40-33)38(46)29-11-6-7-20-42(22-19-29)35(28-9-2-1-3-10-28)26-43-21-8-14-37(43)45/h5,13,15-18,28-29,33-35,40H,1-3,6-11,14,19-26H2,(H,41,44)/t29?,33?,34-,35?/m1/s1. The second kappa shape index (κ2) is 15.8. The molecule has 246 valence electrons. The van der Waals surface area contributed by atoms with Gasteiger partial charge in [0.25, 0.3) is 0 Å². The largest absolute Gasteiger partial charge is 0.346 e. The molecule has 3 heterocycles. The first kappa shape index (κ1) is 33.0. The first-order chi connectivity index (χ1) is 22.4. The van der Waals surface area contributed by atoms with Gasteiger partial charge >= 0.3 is 0 Å². The van der Waals surface area contributed by atoms with Crippen molar-refractivity contribution < 1.29 is 14.4 Å². The maximum atomic E-state index is 14.4. The van der Waals surface area contributed by atoms with E-state index in [4.69, 9.17) is 11.6 Å². The van der Waals surface area contributed by atoms with Gasteiger partial charge in [0, 0.05) is 61.1 Å². The summed E-state index contributed by atoms with van der Waals surface area (Å²) in [4.78, 5) is 45.3. The second-order valence-electron chi connectivity index (χ2n) is 14.0. The molecule has 2 aromatic carbocycles. The molecule has 2 aromatic rings. The van der Waals surface area contributed by atoms with E-state index in [-0.39, 0.29) is 30.1 Å². The van der Waals surface area contributed by atoms with Gasteiger partial charge in [-0.3, -0.25) is 19.3 Å². The fourth-order valence-electron chi connectivity index (χ4n) is 8.33. The summed E-state index contributed by atoms with van der Waals surface area (Å²) in [5, 5.41) is 7.24. The Balaban J connectivity index is 1.15. The minimum absolute atomic E-state index is 0.0960. The quantitative estimate of drug-likeness (QED) is 0.322. The lowest BCUT2D eigenvalue weighted by Gasteiger charge is -2.42. The number of carbonyl (C=O) groups excluding carboxylic acids is 3. The van der Waals surface area contributed by atoms with Crippen LogP contribution in [0.4, 0.5) is 0 Å². The SMILES string of the molecule is O=C(CC1NCc2c#cccc21)N[C@H](Cc1ccc(Cl)cc1)C(=O)C1CCCCN(C(CN2CCCC2=O)C2CCCCC2)CC1. The van der Waals surface area contributed by atoms with E-state index in [1.807, 2.05) is 36.4 Å². The highest BCUT2D eigenvalue weighted by Crippen LogP contribution is 2.33. The first-order valence-electron chi connectivity index (χ1n) is 17.7. The third-order valence-electron chi connectivity index (χ3n) is 10.9. The van der Waals surface area contributed by atoms with Crippen molar-refractivity contribution in [2.24, 2.45) is 11.8 Å². The molecular weight excluding hydrogens is 596 g/mol. The fourth-order valence-corrected chi connectivity index (χ4v) is 8.46. The second-order valence-corrected chi connectivity index (χ2v) is 14.4. The minimum Gasteiger partial charge on any atom is -0.346 e. The summed E-state index contributed by atoms with van der Waals surface area (Å²) in [6.07, 6.45) is 12.4. The highest BCUT2D eigenvalue weighted by molar-refractivity contribution is 6.30. The Labute approximate surface area is 279 Å².